The van der Waals surface area contributed by atoms with Crippen LogP contribution in [0.1, 0.15) is 22.8 Å². The molecule has 0 spiro atoms. The van der Waals surface area contributed by atoms with Crippen molar-refractivity contribution in [1.82, 2.24) is 0 Å². The molecule has 0 bridgehead atoms. The summed E-state index contributed by atoms with van der Waals surface area (Å²) in [6, 6.07) is 8.92. The van der Waals surface area contributed by atoms with E-state index in [4.69, 9.17) is 0 Å². The van der Waals surface area contributed by atoms with E-state index in [9.17, 15) is 13.9 Å². The van der Waals surface area contributed by atoms with E-state index in [1.165, 1.54) is 6.92 Å². The lowest BCUT2D eigenvalue weighted by Gasteiger charge is -2.13. The zero-order chi connectivity index (χ0) is 13.3. The van der Waals surface area contributed by atoms with Crippen molar-refractivity contribution in [2.24, 2.45) is 0 Å². The fraction of sp³-hybridized carbons (Fsp3) is 0.143. The molecule has 0 radical (unpaired) electrons. The van der Waals surface area contributed by atoms with Gasteiger partial charge in [-0.15, -0.1) is 0 Å². The number of hydrogen-bond acceptors (Lipinski definition) is 1. The molecule has 2 rings (SSSR count). The van der Waals surface area contributed by atoms with Gasteiger partial charge in [-0.25, -0.2) is 8.78 Å². The summed E-state index contributed by atoms with van der Waals surface area (Å²) in [4.78, 5) is 0. The normalized spacial score (nSPS) is 12.5. The summed E-state index contributed by atoms with van der Waals surface area (Å²) >= 11 is 3.27. The average molecular weight is 313 g/mol. The summed E-state index contributed by atoms with van der Waals surface area (Å²) < 4.78 is 28.0. The van der Waals surface area contributed by atoms with E-state index in [1.54, 1.807) is 24.3 Å². The zero-order valence-corrected chi connectivity index (χ0v) is 11.2. The standard InChI is InChI=1S/C14H11BrF2O/c1-8-6-13(17)11(7-12(8)16)14(18)9-2-4-10(15)5-3-9/h2-7,14,18H,1H3. The van der Waals surface area contributed by atoms with Crippen LogP contribution in [-0.2, 0) is 0 Å². The lowest BCUT2D eigenvalue weighted by Crippen LogP contribution is -2.04. The highest BCUT2D eigenvalue weighted by atomic mass is 79.9. The van der Waals surface area contributed by atoms with Crippen molar-refractivity contribution in [2.75, 3.05) is 0 Å². The second kappa shape index (κ2) is 5.16. The lowest BCUT2D eigenvalue weighted by atomic mass is 10.00. The third kappa shape index (κ3) is 2.60. The predicted octanol–water partition coefficient (Wildman–Crippen LogP) is 4.12. The number of aliphatic hydroxyl groups excluding tert-OH is 1. The number of halogens is 3. The van der Waals surface area contributed by atoms with E-state index in [1.807, 2.05) is 0 Å². The Morgan fingerprint density at radius 3 is 2.28 bits per heavy atom. The number of rotatable bonds is 2. The van der Waals surface area contributed by atoms with Crippen molar-refractivity contribution in [2.45, 2.75) is 13.0 Å². The minimum atomic E-state index is -1.17. The molecule has 0 aliphatic carbocycles. The van der Waals surface area contributed by atoms with Gasteiger partial charge in [0, 0.05) is 10.0 Å². The van der Waals surface area contributed by atoms with E-state index in [-0.39, 0.29) is 11.1 Å². The minimum absolute atomic E-state index is 0.0552. The summed E-state index contributed by atoms with van der Waals surface area (Å²) in [6.45, 7) is 1.48. The molecule has 4 heteroatoms. The highest BCUT2D eigenvalue weighted by molar-refractivity contribution is 9.10. The first kappa shape index (κ1) is 13.2. The van der Waals surface area contributed by atoms with Crippen LogP contribution in [0.4, 0.5) is 8.78 Å². The van der Waals surface area contributed by atoms with Gasteiger partial charge in [0.25, 0.3) is 0 Å². The SMILES string of the molecule is Cc1cc(F)c(C(O)c2ccc(Br)cc2)cc1F. The summed E-state index contributed by atoms with van der Waals surface area (Å²) in [5, 5.41) is 10.1. The van der Waals surface area contributed by atoms with Crippen LogP contribution in [0, 0.1) is 18.6 Å². The summed E-state index contributed by atoms with van der Waals surface area (Å²) in [6.07, 6.45) is -1.17. The van der Waals surface area contributed by atoms with Crippen LogP contribution >= 0.6 is 15.9 Å². The van der Waals surface area contributed by atoms with E-state index >= 15 is 0 Å². The molecule has 0 fully saturated rings. The third-order valence-corrected chi connectivity index (χ3v) is 3.29. The molecule has 0 saturated heterocycles. The lowest BCUT2D eigenvalue weighted by molar-refractivity contribution is 0.214. The van der Waals surface area contributed by atoms with Gasteiger partial charge >= 0.3 is 0 Å². The first-order valence-electron chi connectivity index (χ1n) is 5.38. The fourth-order valence-corrected chi connectivity index (χ4v) is 1.96. The average Bonchev–Trinajstić information content (AvgIpc) is 2.34. The molecule has 0 aliphatic rings. The van der Waals surface area contributed by atoms with Crippen molar-refractivity contribution in [3.8, 4) is 0 Å². The Balaban J connectivity index is 2.42. The second-order valence-corrected chi connectivity index (χ2v) is 4.99. The topological polar surface area (TPSA) is 20.2 Å². The smallest absolute Gasteiger partial charge is 0.129 e. The Kier molecular flexibility index (Phi) is 3.78. The van der Waals surface area contributed by atoms with Crippen LogP contribution in [0.25, 0.3) is 0 Å². The van der Waals surface area contributed by atoms with Gasteiger partial charge in [0.2, 0.25) is 0 Å². The molecule has 1 unspecified atom stereocenters. The van der Waals surface area contributed by atoms with Crippen molar-refractivity contribution < 1.29 is 13.9 Å². The molecule has 0 saturated carbocycles. The van der Waals surface area contributed by atoms with Crippen molar-refractivity contribution >= 4 is 15.9 Å². The van der Waals surface area contributed by atoms with Crippen LogP contribution in [0.3, 0.4) is 0 Å². The van der Waals surface area contributed by atoms with Crippen LogP contribution in [0.15, 0.2) is 40.9 Å². The van der Waals surface area contributed by atoms with Crippen molar-refractivity contribution in [3.05, 3.63) is 69.2 Å². The van der Waals surface area contributed by atoms with E-state index < -0.39 is 17.7 Å². The van der Waals surface area contributed by atoms with Crippen LogP contribution in [0.2, 0.25) is 0 Å². The monoisotopic (exact) mass is 312 g/mol. The van der Waals surface area contributed by atoms with Gasteiger partial charge in [0.05, 0.1) is 0 Å². The van der Waals surface area contributed by atoms with Crippen molar-refractivity contribution in [3.63, 3.8) is 0 Å². The Bertz CT molecular complexity index is 567. The predicted molar refractivity (Wildman–Crippen MR) is 69.3 cm³/mol. The number of aryl methyl sites for hydroxylation is 1. The van der Waals surface area contributed by atoms with E-state index in [0.717, 1.165) is 16.6 Å². The first-order chi connectivity index (χ1) is 8.49. The minimum Gasteiger partial charge on any atom is -0.384 e. The molecular weight excluding hydrogens is 302 g/mol. The Hall–Kier alpha value is -1.26. The fourth-order valence-electron chi connectivity index (χ4n) is 1.70. The van der Waals surface area contributed by atoms with Gasteiger partial charge in [-0.05, 0) is 42.3 Å². The van der Waals surface area contributed by atoms with Gasteiger partial charge in [-0.2, -0.15) is 0 Å². The highest BCUT2D eigenvalue weighted by Gasteiger charge is 2.17. The van der Waals surface area contributed by atoms with Gasteiger partial charge in [0.15, 0.2) is 0 Å². The molecule has 2 aromatic carbocycles. The molecule has 2 aromatic rings. The molecule has 0 aliphatic heterocycles. The second-order valence-electron chi connectivity index (χ2n) is 4.08. The van der Waals surface area contributed by atoms with Crippen LogP contribution < -0.4 is 0 Å². The Morgan fingerprint density at radius 1 is 1.06 bits per heavy atom. The molecule has 0 amide bonds. The molecular formula is C14H11BrF2O. The quantitative estimate of drug-likeness (QED) is 0.884. The molecule has 0 heterocycles. The molecule has 1 atom stereocenters. The van der Waals surface area contributed by atoms with Crippen LogP contribution in [-0.4, -0.2) is 5.11 Å². The molecule has 0 aromatic heterocycles. The number of benzene rings is 2. The summed E-state index contributed by atoms with van der Waals surface area (Å²) in [5.74, 6) is -1.13. The molecule has 18 heavy (non-hydrogen) atoms. The van der Waals surface area contributed by atoms with Crippen molar-refractivity contribution in [1.29, 1.82) is 0 Å². The maximum Gasteiger partial charge on any atom is 0.129 e. The maximum absolute atomic E-state index is 13.7. The molecule has 94 valence electrons. The summed E-state index contributed by atoms with van der Waals surface area (Å²) in [5.41, 5.74) is 0.681. The Morgan fingerprint density at radius 2 is 1.67 bits per heavy atom. The van der Waals surface area contributed by atoms with E-state index in [0.29, 0.717) is 5.56 Å². The van der Waals surface area contributed by atoms with Gasteiger partial charge < -0.3 is 5.11 Å². The third-order valence-electron chi connectivity index (χ3n) is 2.76. The first-order valence-corrected chi connectivity index (χ1v) is 6.17. The Labute approximate surface area is 112 Å². The van der Waals surface area contributed by atoms with Crippen LogP contribution in [0.5, 0.6) is 0 Å². The molecule has 1 nitrogen and oxygen atoms in total. The van der Waals surface area contributed by atoms with E-state index in [2.05, 4.69) is 15.9 Å². The number of aliphatic hydroxyl groups is 1. The largest absolute Gasteiger partial charge is 0.384 e. The maximum atomic E-state index is 13.7. The summed E-state index contributed by atoms with van der Waals surface area (Å²) in [7, 11) is 0. The highest BCUT2D eigenvalue weighted by Crippen LogP contribution is 2.27. The zero-order valence-electron chi connectivity index (χ0n) is 9.62. The van der Waals surface area contributed by atoms with Gasteiger partial charge in [-0.3, -0.25) is 0 Å². The number of hydrogen-bond donors (Lipinski definition) is 1. The van der Waals surface area contributed by atoms with Gasteiger partial charge in [-0.1, -0.05) is 28.1 Å². The molecule has 1 N–H and O–H groups in total. The van der Waals surface area contributed by atoms with Gasteiger partial charge in [0.1, 0.15) is 17.7 Å².